The van der Waals surface area contributed by atoms with Crippen molar-refractivity contribution in [1.29, 1.82) is 0 Å². The molecule has 0 radical (unpaired) electrons. The van der Waals surface area contributed by atoms with Crippen LogP contribution < -0.4 is 4.90 Å². The molecule has 0 fully saturated rings. The molecule has 2 heteroatoms. The molecule has 9 aromatic carbocycles. The van der Waals surface area contributed by atoms with E-state index in [1.807, 2.05) is 6.07 Å². The van der Waals surface area contributed by atoms with Crippen molar-refractivity contribution in [3.8, 4) is 55.6 Å². The first-order chi connectivity index (χ1) is 27.8. The average Bonchev–Trinajstić information content (AvgIpc) is 3.67. The van der Waals surface area contributed by atoms with Gasteiger partial charge in [-0.1, -0.05) is 182 Å². The summed E-state index contributed by atoms with van der Waals surface area (Å²) >= 11 is 0. The number of benzene rings is 9. The summed E-state index contributed by atoms with van der Waals surface area (Å²) < 4.78 is 6.41. The highest BCUT2D eigenvalue weighted by Gasteiger charge is 2.22. The summed E-state index contributed by atoms with van der Waals surface area (Å²) in [5.74, 6) is 0. The molecule has 0 atom stereocenters. The molecule has 0 unspecified atom stereocenters. The molecule has 1 heterocycles. The van der Waals surface area contributed by atoms with Crippen LogP contribution in [-0.2, 0) is 0 Å². The molecule has 0 spiro atoms. The minimum atomic E-state index is 0.878. The monoisotopic (exact) mass is 715 g/mol. The van der Waals surface area contributed by atoms with Crippen LogP contribution in [0.5, 0.6) is 0 Å². The maximum atomic E-state index is 6.41. The van der Waals surface area contributed by atoms with Gasteiger partial charge in [-0.25, -0.2) is 0 Å². The molecule has 0 bridgehead atoms. The lowest BCUT2D eigenvalue weighted by Crippen LogP contribution is -2.11. The van der Waals surface area contributed by atoms with Crippen LogP contribution in [0.25, 0.3) is 77.6 Å². The summed E-state index contributed by atoms with van der Waals surface area (Å²) in [5, 5.41) is 2.23. The van der Waals surface area contributed by atoms with Crippen molar-refractivity contribution in [2.24, 2.45) is 0 Å². The van der Waals surface area contributed by atoms with Crippen LogP contribution in [0, 0.1) is 0 Å². The van der Waals surface area contributed by atoms with Gasteiger partial charge in [0.05, 0.1) is 5.69 Å². The Morgan fingerprint density at radius 1 is 0.286 bits per heavy atom. The summed E-state index contributed by atoms with van der Waals surface area (Å²) in [6.07, 6.45) is 0. The lowest BCUT2D eigenvalue weighted by molar-refractivity contribution is 0.669. The standard InChI is InChI=1S/C54H37NO/c1-4-13-38(14-5-1)41-23-25-42(26-24-41)44-29-34-47(35-30-44)55(46-32-27-43(28-33-46)39-15-6-2-7-16-39)51-37-45(40-17-8-3-9-18-40)31-36-48(51)49-20-12-22-53-54(49)50-19-10-11-21-52(50)56-53/h1-37H. The van der Waals surface area contributed by atoms with Crippen LogP contribution in [0.3, 0.4) is 0 Å². The molecule has 0 aliphatic carbocycles. The van der Waals surface area contributed by atoms with Gasteiger partial charge in [0.2, 0.25) is 0 Å². The van der Waals surface area contributed by atoms with Gasteiger partial charge in [0.25, 0.3) is 0 Å². The number of anilines is 3. The summed E-state index contributed by atoms with van der Waals surface area (Å²) in [7, 11) is 0. The second-order valence-corrected chi connectivity index (χ2v) is 14.1. The molecular weight excluding hydrogens is 679 g/mol. The predicted molar refractivity (Wildman–Crippen MR) is 236 cm³/mol. The normalized spacial score (nSPS) is 11.2. The highest BCUT2D eigenvalue weighted by atomic mass is 16.3. The third-order valence-corrected chi connectivity index (χ3v) is 10.7. The van der Waals surface area contributed by atoms with Gasteiger partial charge in [0.15, 0.2) is 0 Å². The van der Waals surface area contributed by atoms with Crippen LogP contribution in [0.4, 0.5) is 17.1 Å². The summed E-state index contributed by atoms with van der Waals surface area (Å²) in [4.78, 5) is 2.40. The van der Waals surface area contributed by atoms with E-state index in [0.29, 0.717) is 0 Å². The highest BCUT2D eigenvalue weighted by Crippen LogP contribution is 2.46. The summed E-state index contributed by atoms with van der Waals surface area (Å²) in [6, 6.07) is 80.1. The van der Waals surface area contributed by atoms with Gasteiger partial charge in [0.1, 0.15) is 11.2 Å². The molecule has 1 aromatic heterocycles. The number of furan rings is 1. The second kappa shape index (κ2) is 14.4. The number of hydrogen-bond donors (Lipinski definition) is 0. The fourth-order valence-electron chi connectivity index (χ4n) is 7.90. The SMILES string of the molecule is c1ccc(-c2ccc(-c3ccc(N(c4ccc(-c5ccccc5)cc4)c4cc(-c5ccccc5)ccc4-c4cccc5oc6ccccc6c45)cc3)cc2)cc1. The Balaban J connectivity index is 1.15. The molecule has 56 heavy (non-hydrogen) atoms. The van der Waals surface area contributed by atoms with Crippen molar-refractivity contribution in [3.05, 3.63) is 224 Å². The van der Waals surface area contributed by atoms with Gasteiger partial charge in [-0.05, 0) is 92.5 Å². The molecule has 0 amide bonds. The van der Waals surface area contributed by atoms with E-state index in [1.165, 1.54) is 38.9 Å². The molecule has 264 valence electrons. The fraction of sp³-hybridized carbons (Fsp3) is 0. The van der Waals surface area contributed by atoms with E-state index < -0.39 is 0 Å². The molecule has 0 saturated heterocycles. The molecule has 0 aliphatic heterocycles. The van der Waals surface area contributed by atoms with Crippen LogP contribution in [0.1, 0.15) is 0 Å². The second-order valence-electron chi connectivity index (χ2n) is 14.1. The van der Waals surface area contributed by atoms with E-state index in [1.54, 1.807) is 0 Å². The van der Waals surface area contributed by atoms with E-state index in [0.717, 1.165) is 55.7 Å². The molecule has 10 rings (SSSR count). The van der Waals surface area contributed by atoms with E-state index in [4.69, 9.17) is 4.42 Å². The zero-order valence-corrected chi connectivity index (χ0v) is 30.7. The van der Waals surface area contributed by atoms with Crippen LogP contribution in [0.15, 0.2) is 229 Å². The largest absolute Gasteiger partial charge is 0.456 e. The maximum Gasteiger partial charge on any atom is 0.136 e. The van der Waals surface area contributed by atoms with Gasteiger partial charge in [-0.2, -0.15) is 0 Å². The minimum Gasteiger partial charge on any atom is -0.456 e. The van der Waals surface area contributed by atoms with Crippen molar-refractivity contribution >= 4 is 39.0 Å². The third kappa shape index (κ3) is 6.24. The van der Waals surface area contributed by atoms with Crippen LogP contribution in [0.2, 0.25) is 0 Å². The number of nitrogens with zero attached hydrogens (tertiary/aromatic N) is 1. The van der Waals surface area contributed by atoms with E-state index >= 15 is 0 Å². The minimum absolute atomic E-state index is 0.878. The van der Waals surface area contributed by atoms with Gasteiger partial charge in [-0.15, -0.1) is 0 Å². The van der Waals surface area contributed by atoms with E-state index in [9.17, 15) is 0 Å². The maximum absolute atomic E-state index is 6.41. The van der Waals surface area contributed by atoms with Gasteiger partial charge in [-0.3, -0.25) is 0 Å². The zero-order valence-electron chi connectivity index (χ0n) is 30.7. The molecule has 0 N–H and O–H groups in total. The first kappa shape index (κ1) is 33.2. The Bertz CT molecular complexity index is 2910. The van der Waals surface area contributed by atoms with Crippen molar-refractivity contribution in [3.63, 3.8) is 0 Å². The Morgan fingerprint density at radius 2 is 0.696 bits per heavy atom. The predicted octanol–water partition coefficient (Wildman–Crippen LogP) is 15.4. The lowest BCUT2D eigenvalue weighted by atomic mass is 9.93. The van der Waals surface area contributed by atoms with E-state index in [2.05, 4.69) is 223 Å². The number of para-hydroxylation sites is 1. The first-order valence-electron chi connectivity index (χ1n) is 19.1. The molecule has 10 aromatic rings. The Hall–Kier alpha value is -7.42. The molecular formula is C54H37NO. The number of fused-ring (bicyclic) bond motifs is 3. The topological polar surface area (TPSA) is 16.4 Å². The Kier molecular flexibility index (Phi) is 8.55. The van der Waals surface area contributed by atoms with Gasteiger partial charge in [0, 0.05) is 27.7 Å². The Labute approximate surface area is 327 Å². The van der Waals surface area contributed by atoms with Crippen LogP contribution in [-0.4, -0.2) is 0 Å². The molecule has 0 saturated carbocycles. The quantitative estimate of drug-likeness (QED) is 0.156. The smallest absolute Gasteiger partial charge is 0.136 e. The van der Waals surface area contributed by atoms with Crippen molar-refractivity contribution in [2.75, 3.05) is 4.90 Å². The van der Waals surface area contributed by atoms with Crippen molar-refractivity contribution in [1.82, 2.24) is 0 Å². The lowest BCUT2D eigenvalue weighted by Gasteiger charge is -2.29. The highest BCUT2D eigenvalue weighted by molar-refractivity contribution is 6.14. The third-order valence-electron chi connectivity index (χ3n) is 10.7. The Morgan fingerprint density at radius 3 is 1.23 bits per heavy atom. The average molecular weight is 716 g/mol. The molecule has 2 nitrogen and oxygen atoms in total. The fourth-order valence-corrected chi connectivity index (χ4v) is 7.90. The summed E-state index contributed by atoms with van der Waals surface area (Å²) in [6.45, 7) is 0. The van der Waals surface area contributed by atoms with Crippen LogP contribution >= 0.6 is 0 Å². The zero-order chi connectivity index (χ0) is 37.3. The van der Waals surface area contributed by atoms with Crippen molar-refractivity contribution in [2.45, 2.75) is 0 Å². The first-order valence-corrected chi connectivity index (χ1v) is 19.1. The summed E-state index contributed by atoms with van der Waals surface area (Å²) in [5.41, 5.74) is 16.7. The van der Waals surface area contributed by atoms with Crippen molar-refractivity contribution < 1.29 is 4.42 Å². The van der Waals surface area contributed by atoms with E-state index in [-0.39, 0.29) is 0 Å². The molecule has 0 aliphatic rings. The van der Waals surface area contributed by atoms with Gasteiger partial charge < -0.3 is 9.32 Å². The van der Waals surface area contributed by atoms with Gasteiger partial charge >= 0.3 is 0 Å². The number of hydrogen-bond acceptors (Lipinski definition) is 2. The number of rotatable bonds is 8.